The second-order valence-corrected chi connectivity index (χ2v) is 5.22. The fourth-order valence-electron chi connectivity index (χ4n) is 1.49. The van der Waals surface area contributed by atoms with Crippen LogP contribution in [0.3, 0.4) is 0 Å². The summed E-state index contributed by atoms with van der Waals surface area (Å²) >= 11 is 6.45. The van der Waals surface area contributed by atoms with Gasteiger partial charge in [-0.05, 0) is 18.2 Å². The van der Waals surface area contributed by atoms with E-state index in [4.69, 9.17) is 11.6 Å². The fourth-order valence-corrected chi connectivity index (χ4v) is 2.26. The lowest BCUT2D eigenvalue weighted by molar-refractivity contribution is -0.143. The third-order valence-electron chi connectivity index (χ3n) is 2.36. The Morgan fingerprint density at radius 3 is 1.75 bits per heavy atom. The number of hydrogen-bond donors (Lipinski definition) is 0. The molecule has 108 valence electrons. The van der Waals surface area contributed by atoms with E-state index in [1.165, 1.54) is 5.38 Å². The first-order valence-corrected chi connectivity index (χ1v) is 6.24. The van der Waals surface area contributed by atoms with Crippen molar-refractivity contribution in [2.75, 3.05) is 0 Å². The summed E-state index contributed by atoms with van der Waals surface area (Å²) in [6.45, 7) is 0. The molecule has 0 spiro atoms. The van der Waals surface area contributed by atoms with Gasteiger partial charge in [0.1, 0.15) is 0 Å². The smallest absolute Gasteiger partial charge is 0.225 e. The van der Waals surface area contributed by atoms with Crippen molar-refractivity contribution < 1.29 is 26.3 Å². The summed E-state index contributed by atoms with van der Waals surface area (Å²) in [5, 5.41) is 1.29. The van der Waals surface area contributed by atoms with Gasteiger partial charge in [0.15, 0.2) is 4.47 Å². The molecule has 0 saturated carbocycles. The Morgan fingerprint density at radius 1 is 0.900 bits per heavy atom. The van der Waals surface area contributed by atoms with Crippen LogP contribution in [-0.4, -0.2) is 4.98 Å². The number of nitrogens with zero attached hydrogens (tertiary/aromatic N) is 1. The minimum Gasteiger partial charge on any atom is -0.225 e. The van der Waals surface area contributed by atoms with Crippen LogP contribution in [0.4, 0.5) is 26.3 Å². The van der Waals surface area contributed by atoms with Crippen LogP contribution in [-0.2, 0) is 12.4 Å². The summed E-state index contributed by atoms with van der Waals surface area (Å²) in [5.74, 6) is 0. The summed E-state index contributed by atoms with van der Waals surface area (Å²) < 4.78 is 75.9. The van der Waals surface area contributed by atoms with Crippen LogP contribution in [0, 0.1) is 0 Å². The van der Waals surface area contributed by atoms with E-state index in [1.807, 2.05) is 0 Å². The van der Waals surface area contributed by atoms with E-state index in [-0.39, 0.29) is 21.8 Å². The van der Waals surface area contributed by atoms with Crippen LogP contribution in [0.2, 0.25) is 4.47 Å². The van der Waals surface area contributed by atoms with E-state index in [0.717, 1.165) is 11.3 Å². The van der Waals surface area contributed by atoms with Crippen molar-refractivity contribution in [3.63, 3.8) is 0 Å². The third-order valence-corrected chi connectivity index (χ3v) is 3.34. The van der Waals surface area contributed by atoms with Crippen molar-refractivity contribution in [1.29, 1.82) is 0 Å². The Labute approximate surface area is 117 Å². The molecule has 0 bridgehead atoms. The highest BCUT2D eigenvalue weighted by Gasteiger charge is 2.37. The Balaban J connectivity index is 2.63. The first-order valence-electron chi connectivity index (χ1n) is 4.98. The Hall–Kier alpha value is -1.28. The second-order valence-electron chi connectivity index (χ2n) is 3.78. The molecular formula is C11H4ClF6NS. The topological polar surface area (TPSA) is 12.9 Å². The predicted molar refractivity (Wildman–Crippen MR) is 62.6 cm³/mol. The second kappa shape index (κ2) is 4.92. The first kappa shape index (κ1) is 15.1. The number of thiazole rings is 1. The Bertz CT molecular complexity index is 598. The molecule has 0 amide bonds. The molecule has 0 fully saturated rings. The zero-order valence-electron chi connectivity index (χ0n) is 9.31. The molecule has 1 nitrogen and oxygen atoms in total. The predicted octanol–water partition coefficient (Wildman–Crippen LogP) is 5.50. The zero-order valence-corrected chi connectivity index (χ0v) is 10.9. The summed E-state index contributed by atoms with van der Waals surface area (Å²) in [4.78, 5) is 3.68. The molecule has 0 atom stereocenters. The van der Waals surface area contributed by atoms with Gasteiger partial charge in [0.05, 0.1) is 16.8 Å². The van der Waals surface area contributed by atoms with Gasteiger partial charge in [-0.3, -0.25) is 0 Å². The van der Waals surface area contributed by atoms with Crippen LogP contribution in [0.1, 0.15) is 11.1 Å². The Morgan fingerprint density at radius 2 is 1.40 bits per heavy atom. The summed E-state index contributed by atoms with van der Waals surface area (Å²) in [6.07, 6.45) is -9.76. The van der Waals surface area contributed by atoms with Crippen molar-refractivity contribution >= 4 is 22.9 Å². The molecule has 0 aliphatic heterocycles. The molecule has 0 unspecified atom stereocenters. The van der Waals surface area contributed by atoms with Gasteiger partial charge in [0.25, 0.3) is 0 Å². The highest BCUT2D eigenvalue weighted by molar-refractivity contribution is 7.14. The maximum atomic E-state index is 12.6. The average Bonchev–Trinajstić information content (AvgIpc) is 2.73. The van der Waals surface area contributed by atoms with Crippen LogP contribution >= 0.6 is 22.9 Å². The molecular weight excluding hydrogens is 328 g/mol. The largest absolute Gasteiger partial charge is 0.416 e. The van der Waals surface area contributed by atoms with E-state index >= 15 is 0 Å². The maximum Gasteiger partial charge on any atom is 0.416 e. The SMILES string of the molecule is FC(F)(F)c1cc(-c2csc(Cl)n2)cc(C(F)(F)F)c1. The number of alkyl halides is 6. The van der Waals surface area contributed by atoms with Gasteiger partial charge in [-0.15, -0.1) is 11.3 Å². The Kier molecular flexibility index (Phi) is 3.72. The van der Waals surface area contributed by atoms with Gasteiger partial charge in [0.2, 0.25) is 0 Å². The van der Waals surface area contributed by atoms with Gasteiger partial charge < -0.3 is 0 Å². The van der Waals surface area contributed by atoms with E-state index in [9.17, 15) is 26.3 Å². The molecule has 2 rings (SSSR count). The van der Waals surface area contributed by atoms with Crippen molar-refractivity contribution in [3.05, 3.63) is 39.2 Å². The quantitative estimate of drug-likeness (QED) is 0.629. The van der Waals surface area contributed by atoms with Crippen LogP contribution < -0.4 is 0 Å². The van der Waals surface area contributed by atoms with Crippen LogP contribution in [0.25, 0.3) is 11.3 Å². The number of hydrogen-bond acceptors (Lipinski definition) is 2. The van der Waals surface area contributed by atoms with Gasteiger partial charge in [-0.1, -0.05) is 11.6 Å². The number of aromatic nitrogens is 1. The van der Waals surface area contributed by atoms with Crippen LogP contribution in [0.5, 0.6) is 0 Å². The van der Waals surface area contributed by atoms with E-state index in [0.29, 0.717) is 12.1 Å². The molecule has 9 heteroatoms. The first-order chi connectivity index (χ1) is 9.07. The van der Waals surface area contributed by atoms with Gasteiger partial charge in [-0.2, -0.15) is 26.3 Å². The monoisotopic (exact) mass is 331 g/mol. The van der Waals surface area contributed by atoms with Crippen molar-refractivity contribution in [2.45, 2.75) is 12.4 Å². The number of halogens is 7. The van der Waals surface area contributed by atoms with Crippen LogP contribution in [0.15, 0.2) is 23.6 Å². The summed E-state index contributed by atoms with van der Waals surface area (Å²) in [7, 11) is 0. The molecule has 0 radical (unpaired) electrons. The lowest BCUT2D eigenvalue weighted by Crippen LogP contribution is -2.11. The van der Waals surface area contributed by atoms with Gasteiger partial charge in [0, 0.05) is 10.9 Å². The standard InChI is InChI=1S/C11H4ClF6NS/c12-9-19-8(4-20-9)5-1-6(10(13,14)15)3-7(2-5)11(16,17)18/h1-4H. The molecule has 2 aromatic rings. The molecule has 1 aromatic heterocycles. The van der Waals surface area contributed by atoms with E-state index in [2.05, 4.69) is 4.98 Å². The minimum absolute atomic E-state index is 0.0309. The van der Waals surface area contributed by atoms with E-state index in [1.54, 1.807) is 0 Å². The molecule has 0 N–H and O–H groups in total. The molecule has 0 aliphatic rings. The highest BCUT2D eigenvalue weighted by Crippen LogP contribution is 2.38. The van der Waals surface area contributed by atoms with Gasteiger partial charge >= 0.3 is 12.4 Å². The fraction of sp³-hybridized carbons (Fsp3) is 0.182. The molecule has 1 heterocycles. The highest BCUT2D eigenvalue weighted by atomic mass is 35.5. The number of benzene rings is 1. The zero-order chi connectivity index (χ0) is 15.1. The number of rotatable bonds is 1. The minimum atomic E-state index is -4.88. The third kappa shape index (κ3) is 3.24. The summed E-state index contributed by atoms with van der Waals surface area (Å²) in [5.41, 5.74) is -3.08. The van der Waals surface area contributed by atoms with Crippen molar-refractivity contribution in [2.24, 2.45) is 0 Å². The van der Waals surface area contributed by atoms with Crippen molar-refractivity contribution in [1.82, 2.24) is 4.98 Å². The lowest BCUT2D eigenvalue weighted by Gasteiger charge is -2.13. The maximum absolute atomic E-state index is 12.6. The van der Waals surface area contributed by atoms with Crippen molar-refractivity contribution in [3.8, 4) is 11.3 Å². The summed E-state index contributed by atoms with van der Waals surface area (Å²) in [6, 6.07) is 1.29. The molecule has 1 aromatic carbocycles. The normalized spacial score (nSPS) is 12.8. The molecule has 0 saturated heterocycles. The lowest BCUT2D eigenvalue weighted by atomic mass is 10.0. The van der Waals surface area contributed by atoms with E-state index < -0.39 is 23.5 Å². The molecule has 0 aliphatic carbocycles. The van der Waals surface area contributed by atoms with Gasteiger partial charge in [-0.25, -0.2) is 4.98 Å². The molecule has 20 heavy (non-hydrogen) atoms. The average molecular weight is 332 g/mol.